The Balaban J connectivity index is 1.87. The van der Waals surface area contributed by atoms with Crippen molar-refractivity contribution in [1.82, 2.24) is 5.43 Å². The first kappa shape index (κ1) is 11.5. The monoisotopic (exact) mass is 256 g/mol. The van der Waals surface area contributed by atoms with Gasteiger partial charge >= 0.3 is 0 Å². The van der Waals surface area contributed by atoms with Crippen molar-refractivity contribution in [3.05, 3.63) is 71.3 Å². The number of amidine groups is 2. The molecule has 0 aliphatic carbocycles. The van der Waals surface area contributed by atoms with Gasteiger partial charge in [-0.05, 0) is 48.5 Å². The number of hydrogen-bond acceptors (Lipinski definition) is 2. The number of rotatable bonds is 2. The van der Waals surface area contributed by atoms with Crippen LogP contribution < -0.4 is 5.43 Å². The lowest BCUT2D eigenvalue weighted by Gasteiger charge is -1.97. The molecular formula is C14H8F2N3. The molecule has 0 aromatic heterocycles. The van der Waals surface area contributed by atoms with Crippen LogP contribution >= 0.6 is 0 Å². The normalized spacial score (nSPS) is 13.8. The van der Waals surface area contributed by atoms with E-state index >= 15 is 0 Å². The second-order valence-electron chi connectivity index (χ2n) is 3.97. The van der Waals surface area contributed by atoms with Gasteiger partial charge in [-0.3, -0.25) is 0 Å². The van der Waals surface area contributed by atoms with Crippen molar-refractivity contribution in [2.24, 2.45) is 10.1 Å². The van der Waals surface area contributed by atoms with E-state index in [0.29, 0.717) is 22.8 Å². The van der Waals surface area contributed by atoms with E-state index in [9.17, 15) is 8.78 Å². The Morgan fingerprint density at radius 2 is 1.11 bits per heavy atom. The van der Waals surface area contributed by atoms with E-state index in [1.165, 1.54) is 24.3 Å². The van der Waals surface area contributed by atoms with Crippen LogP contribution in [0.5, 0.6) is 0 Å². The average Bonchev–Trinajstić information content (AvgIpc) is 2.90. The van der Waals surface area contributed by atoms with Crippen LogP contribution in [0, 0.1) is 11.6 Å². The Morgan fingerprint density at radius 3 is 1.63 bits per heavy atom. The first-order valence-corrected chi connectivity index (χ1v) is 5.62. The minimum atomic E-state index is -0.318. The Labute approximate surface area is 108 Å². The SMILES string of the molecule is Fc1ccc(C2=NC(c3ccc(F)cc3)=N[N]2)cc1. The maximum atomic E-state index is 12.8. The summed E-state index contributed by atoms with van der Waals surface area (Å²) in [4.78, 5) is 4.24. The van der Waals surface area contributed by atoms with Crippen molar-refractivity contribution < 1.29 is 8.78 Å². The summed E-state index contributed by atoms with van der Waals surface area (Å²) in [7, 11) is 0. The predicted molar refractivity (Wildman–Crippen MR) is 68.0 cm³/mol. The van der Waals surface area contributed by atoms with Gasteiger partial charge in [0, 0.05) is 11.1 Å². The van der Waals surface area contributed by atoms with Crippen molar-refractivity contribution in [2.45, 2.75) is 0 Å². The van der Waals surface area contributed by atoms with Crippen molar-refractivity contribution in [3.63, 3.8) is 0 Å². The molecule has 1 aliphatic rings. The van der Waals surface area contributed by atoms with Gasteiger partial charge in [-0.15, -0.1) is 10.5 Å². The molecule has 0 amide bonds. The van der Waals surface area contributed by atoms with Gasteiger partial charge in [-0.25, -0.2) is 13.8 Å². The molecule has 3 nitrogen and oxygen atoms in total. The van der Waals surface area contributed by atoms with Crippen LogP contribution in [-0.4, -0.2) is 11.7 Å². The lowest BCUT2D eigenvalue weighted by Crippen LogP contribution is -2.07. The molecule has 2 aromatic rings. The standard InChI is InChI=1S/C14H8F2N3/c15-11-5-1-9(2-6-11)13-17-14(19-18-13)10-3-7-12(16)8-4-10/h1-8H. The zero-order valence-electron chi connectivity index (χ0n) is 9.72. The van der Waals surface area contributed by atoms with E-state index < -0.39 is 0 Å². The maximum absolute atomic E-state index is 12.8. The third-order valence-electron chi connectivity index (χ3n) is 2.66. The molecule has 3 rings (SSSR count). The van der Waals surface area contributed by atoms with Gasteiger partial charge < -0.3 is 0 Å². The highest BCUT2D eigenvalue weighted by Gasteiger charge is 2.15. The molecule has 0 bridgehead atoms. The molecule has 0 unspecified atom stereocenters. The highest BCUT2D eigenvalue weighted by atomic mass is 19.1. The first-order valence-electron chi connectivity index (χ1n) is 5.62. The minimum absolute atomic E-state index is 0.318. The van der Waals surface area contributed by atoms with Gasteiger partial charge in [-0.1, -0.05) is 0 Å². The van der Waals surface area contributed by atoms with Crippen molar-refractivity contribution >= 4 is 11.7 Å². The lowest BCUT2D eigenvalue weighted by molar-refractivity contribution is 0.627. The molecule has 5 heteroatoms. The fourth-order valence-electron chi connectivity index (χ4n) is 1.68. The second-order valence-corrected chi connectivity index (χ2v) is 3.97. The fraction of sp³-hybridized carbons (Fsp3) is 0. The molecule has 93 valence electrons. The molecule has 0 atom stereocenters. The van der Waals surface area contributed by atoms with Crippen LogP contribution in [0.1, 0.15) is 11.1 Å². The Hall–Kier alpha value is -2.56. The van der Waals surface area contributed by atoms with E-state index in [-0.39, 0.29) is 11.6 Å². The zero-order valence-corrected chi connectivity index (χ0v) is 9.72. The molecule has 0 saturated carbocycles. The van der Waals surface area contributed by atoms with Crippen molar-refractivity contribution in [2.75, 3.05) is 0 Å². The number of benzene rings is 2. The van der Waals surface area contributed by atoms with Gasteiger partial charge in [0.1, 0.15) is 11.6 Å². The van der Waals surface area contributed by atoms with Crippen LogP contribution in [0.3, 0.4) is 0 Å². The van der Waals surface area contributed by atoms with Crippen molar-refractivity contribution in [3.8, 4) is 0 Å². The Kier molecular flexibility index (Phi) is 2.79. The van der Waals surface area contributed by atoms with Crippen LogP contribution in [0.15, 0.2) is 58.6 Å². The van der Waals surface area contributed by atoms with Gasteiger partial charge in [0.15, 0.2) is 11.7 Å². The van der Waals surface area contributed by atoms with E-state index in [0.717, 1.165) is 0 Å². The summed E-state index contributed by atoms with van der Waals surface area (Å²) >= 11 is 0. The lowest BCUT2D eigenvalue weighted by atomic mass is 10.2. The molecule has 1 heterocycles. The Bertz CT molecular complexity index is 658. The number of aliphatic imine (C=N–C) groups is 1. The summed E-state index contributed by atoms with van der Waals surface area (Å²) in [5.74, 6) is 0.197. The van der Waals surface area contributed by atoms with Gasteiger partial charge in [0.2, 0.25) is 0 Å². The maximum Gasteiger partial charge on any atom is 0.183 e. The molecular weight excluding hydrogens is 248 g/mol. The first-order chi connectivity index (χ1) is 9.22. The largest absolute Gasteiger partial charge is 0.207 e. The third kappa shape index (κ3) is 2.35. The molecule has 0 N–H and O–H groups in total. The molecule has 1 radical (unpaired) electrons. The predicted octanol–water partition coefficient (Wildman–Crippen LogP) is 2.69. The van der Waals surface area contributed by atoms with Crippen LogP contribution in [0.4, 0.5) is 8.78 Å². The quantitative estimate of drug-likeness (QED) is 0.792. The summed E-state index contributed by atoms with van der Waals surface area (Å²) in [6.07, 6.45) is 0. The van der Waals surface area contributed by atoms with E-state index in [4.69, 9.17) is 0 Å². The van der Waals surface area contributed by atoms with Crippen LogP contribution in [0.25, 0.3) is 0 Å². The fourth-order valence-corrected chi connectivity index (χ4v) is 1.68. The molecule has 0 fully saturated rings. The zero-order chi connectivity index (χ0) is 13.2. The van der Waals surface area contributed by atoms with Gasteiger partial charge in [-0.2, -0.15) is 0 Å². The van der Waals surface area contributed by atoms with Crippen LogP contribution in [-0.2, 0) is 0 Å². The number of hydrogen-bond donors (Lipinski definition) is 0. The second kappa shape index (κ2) is 4.61. The highest BCUT2D eigenvalue weighted by Crippen LogP contribution is 2.12. The highest BCUT2D eigenvalue weighted by molar-refractivity contribution is 6.14. The number of nitrogens with zero attached hydrogens (tertiary/aromatic N) is 3. The molecule has 19 heavy (non-hydrogen) atoms. The topological polar surface area (TPSA) is 38.8 Å². The molecule has 2 aromatic carbocycles. The third-order valence-corrected chi connectivity index (χ3v) is 2.66. The van der Waals surface area contributed by atoms with Crippen LogP contribution in [0.2, 0.25) is 0 Å². The van der Waals surface area contributed by atoms with Crippen molar-refractivity contribution in [1.29, 1.82) is 0 Å². The number of halogens is 2. The molecule has 1 aliphatic heterocycles. The molecule has 0 saturated heterocycles. The summed E-state index contributed by atoms with van der Waals surface area (Å²) in [5, 5.41) is 3.94. The summed E-state index contributed by atoms with van der Waals surface area (Å²) in [6.45, 7) is 0. The Morgan fingerprint density at radius 1 is 0.632 bits per heavy atom. The molecule has 0 spiro atoms. The summed E-state index contributed by atoms with van der Waals surface area (Å²) in [5.41, 5.74) is 5.30. The summed E-state index contributed by atoms with van der Waals surface area (Å²) < 4.78 is 25.6. The average molecular weight is 256 g/mol. The van der Waals surface area contributed by atoms with Gasteiger partial charge in [0.05, 0.1) is 0 Å². The smallest absolute Gasteiger partial charge is 0.183 e. The van der Waals surface area contributed by atoms with E-state index in [2.05, 4.69) is 15.5 Å². The van der Waals surface area contributed by atoms with E-state index in [1.807, 2.05) is 0 Å². The van der Waals surface area contributed by atoms with Gasteiger partial charge in [0.25, 0.3) is 0 Å². The van der Waals surface area contributed by atoms with E-state index in [1.54, 1.807) is 24.3 Å². The minimum Gasteiger partial charge on any atom is -0.207 e. The summed E-state index contributed by atoms with van der Waals surface area (Å²) in [6, 6.07) is 11.7.